The number of rotatable bonds is 5. The van der Waals surface area contributed by atoms with Crippen molar-refractivity contribution in [1.29, 1.82) is 0 Å². The fourth-order valence-corrected chi connectivity index (χ4v) is 1.11. The Balaban J connectivity index is 2.76. The number of urea groups is 1. The minimum Gasteiger partial charge on any atom is -0.472 e. The van der Waals surface area contributed by atoms with Crippen molar-refractivity contribution >= 4 is 17.7 Å². The zero-order chi connectivity index (χ0) is 12.7. The van der Waals surface area contributed by atoms with Crippen LogP contribution in [0.2, 0.25) is 0 Å². The number of carbonyl (C=O) groups is 2. The van der Waals surface area contributed by atoms with E-state index in [9.17, 15) is 9.59 Å². The number of ether oxygens (including phenoxy) is 1. The summed E-state index contributed by atoms with van der Waals surface area (Å²) in [6.07, 6.45) is 2.76. The van der Waals surface area contributed by atoms with E-state index in [2.05, 4.69) is 10.5 Å². The van der Waals surface area contributed by atoms with Crippen molar-refractivity contribution in [1.82, 2.24) is 5.43 Å². The Bertz CT molecular complexity index is 411. The first-order valence-corrected chi connectivity index (χ1v) is 4.93. The number of hydrogen-bond acceptors (Lipinski definition) is 5. The van der Waals surface area contributed by atoms with Crippen molar-refractivity contribution in [2.24, 2.45) is 10.8 Å². The van der Waals surface area contributed by atoms with E-state index < -0.39 is 12.0 Å². The van der Waals surface area contributed by atoms with Crippen LogP contribution in [0.3, 0.4) is 0 Å². The number of nitrogens with zero attached hydrogens (tertiary/aromatic N) is 1. The highest BCUT2D eigenvalue weighted by Crippen LogP contribution is 2.06. The molecule has 92 valence electrons. The van der Waals surface area contributed by atoms with E-state index in [4.69, 9.17) is 14.9 Å². The third-order valence-electron chi connectivity index (χ3n) is 1.77. The number of amides is 2. The highest BCUT2D eigenvalue weighted by Gasteiger charge is 2.12. The van der Waals surface area contributed by atoms with E-state index >= 15 is 0 Å². The molecule has 1 heterocycles. The molecule has 0 spiro atoms. The second-order valence-electron chi connectivity index (χ2n) is 3.03. The lowest BCUT2D eigenvalue weighted by atomic mass is 10.1. The van der Waals surface area contributed by atoms with E-state index in [1.807, 2.05) is 0 Å². The molecule has 0 radical (unpaired) electrons. The van der Waals surface area contributed by atoms with Gasteiger partial charge in [-0.2, -0.15) is 5.10 Å². The molecule has 3 N–H and O–H groups in total. The average Bonchev–Trinajstić information content (AvgIpc) is 2.77. The maximum Gasteiger partial charge on any atom is 0.332 e. The molecule has 1 rings (SSSR count). The first-order chi connectivity index (χ1) is 8.13. The van der Waals surface area contributed by atoms with Crippen LogP contribution in [0.25, 0.3) is 0 Å². The van der Waals surface area contributed by atoms with Crippen molar-refractivity contribution in [2.75, 3.05) is 6.61 Å². The molecule has 17 heavy (non-hydrogen) atoms. The first-order valence-electron chi connectivity index (χ1n) is 4.93. The van der Waals surface area contributed by atoms with Gasteiger partial charge in [-0.1, -0.05) is 0 Å². The minimum atomic E-state index is -0.810. The molecule has 0 saturated heterocycles. The summed E-state index contributed by atoms with van der Waals surface area (Å²) in [4.78, 5) is 21.9. The fourth-order valence-electron chi connectivity index (χ4n) is 1.11. The molecule has 1 aromatic heterocycles. The number of furan rings is 1. The highest BCUT2D eigenvalue weighted by molar-refractivity contribution is 6.09. The summed E-state index contributed by atoms with van der Waals surface area (Å²) >= 11 is 0. The van der Waals surface area contributed by atoms with Crippen LogP contribution in [0.4, 0.5) is 4.79 Å². The van der Waals surface area contributed by atoms with Gasteiger partial charge in [-0.15, -0.1) is 0 Å². The van der Waals surface area contributed by atoms with Crippen molar-refractivity contribution in [2.45, 2.75) is 13.3 Å². The SMILES string of the molecule is CCOC(=O)C/C(=N\NC(N)=O)c1ccoc1. The normalized spacial score (nSPS) is 11.0. The summed E-state index contributed by atoms with van der Waals surface area (Å²) in [5.74, 6) is -0.446. The van der Waals surface area contributed by atoms with Crippen LogP contribution in [0.5, 0.6) is 0 Å². The minimum absolute atomic E-state index is 0.0757. The van der Waals surface area contributed by atoms with Gasteiger partial charge in [0.1, 0.15) is 0 Å². The van der Waals surface area contributed by atoms with E-state index in [0.717, 1.165) is 0 Å². The van der Waals surface area contributed by atoms with E-state index in [1.165, 1.54) is 12.5 Å². The lowest BCUT2D eigenvalue weighted by molar-refractivity contribution is -0.141. The molecule has 0 atom stereocenters. The van der Waals surface area contributed by atoms with Crippen LogP contribution in [0.15, 0.2) is 28.1 Å². The predicted molar refractivity (Wildman–Crippen MR) is 59.2 cm³/mol. The van der Waals surface area contributed by atoms with Gasteiger partial charge in [0, 0.05) is 5.56 Å². The van der Waals surface area contributed by atoms with Crippen molar-refractivity contribution in [3.63, 3.8) is 0 Å². The lowest BCUT2D eigenvalue weighted by Gasteiger charge is -2.04. The number of nitrogens with one attached hydrogen (secondary N) is 1. The summed E-state index contributed by atoms with van der Waals surface area (Å²) in [5.41, 5.74) is 7.84. The molecule has 0 fully saturated rings. The Morgan fingerprint density at radius 2 is 2.35 bits per heavy atom. The Morgan fingerprint density at radius 3 is 2.88 bits per heavy atom. The highest BCUT2D eigenvalue weighted by atomic mass is 16.5. The van der Waals surface area contributed by atoms with Crippen LogP contribution in [-0.2, 0) is 9.53 Å². The van der Waals surface area contributed by atoms with Crippen LogP contribution >= 0.6 is 0 Å². The van der Waals surface area contributed by atoms with Gasteiger partial charge in [0.25, 0.3) is 0 Å². The van der Waals surface area contributed by atoms with Crippen LogP contribution in [0.1, 0.15) is 18.9 Å². The molecule has 0 bridgehead atoms. The fraction of sp³-hybridized carbons (Fsp3) is 0.300. The molecule has 0 aromatic carbocycles. The maximum atomic E-state index is 11.3. The van der Waals surface area contributed by atoms with Gasteiger partial charge in [0.15, 0.2) is 0 Å². The molecule has 7 heteroatoms. The molecular formula is C10H13N3O4. The standard InChI is InChI=1S/C10H13N3O4/c1-2-17-9(14)5-8(12-13-10(11)15)7-3-4-16-6-7/h3-4,6H,2,5H2,1H3,(H3,11,13,15)/b12-8+. The summed E-state index contributed by atoms with van der Waals surface area (Å²) in [7, 11) is 0. The quantitative estimate of drug-likeness (QED) is 0.445. The van der Waals surface area contributed by atoms with Gasteiger partial charge >= 0.3 is 12.0 Å². The lowest BCUT2D eigenvalue weighted by Crippen LogP contribution is -2.26. The zero-order valence-corrected chi connectivity index (χ0v) is 9.30. The number of primary amides is 1. The second-order valence-corrected chi connectivity index (χ2v) is 3.03. The van der Waals surface area contributed by atoms with Crippen LogP contribution in [0, 0.1) is 0 Å². The van der Waals surface area contributed by atoms with Gasteiger partial charge < -0.3 is 14.9 Å². The number of hydrogen-bond donors (Lipinski definition) is 2. The monoisotopic (exact) mass is 239 g/mol. The Labute approximate surface area is 97.6 Å². The molecule has 0 saturated carbocycles. The smallest absolute Gasteiger partial charge is 0.332 e. The van der Waals surface area contributed by atoms with Crippen LogP contribution in [-0.4, -0.2) is 24.3 Å². The molecular weight excluding hydrogens is 226 g/mol. The van der Waals surface area contributed by atoms with E-state index in [1.54, 1.807) is 13.0 Å². The van der Waals surface area contributed by atoms with Gasteiger partial charge in [-0.05, 0) is 13.0 Å². The zero-order valence-electron chi connectivity index (χ0n) is 9.30. The topological polar surface area (TPSA) is 107 Å². The number of nitrogens with two attached hydrogens (primary N) is 1. The molecule has 0 unspecified atom stereocenters. The summed E-state index contributed by atoms with van der Waals surface area (Å²) < 4.78 is 9.65. The maximum absolute atomic E-state index is 11.3. The molecule has 0 aliphatic rings. The largest absolute Gasteiger partial charge is 0.472 e. The average molecular weight is 239 g/mol. The van der Waals surface area contributed by atoms with E-state index in [-0.39, 0.29) is 13.0 Å². The molecule has 2 amide bonds. The summed E-state index contributed by atoms with van der Waals surface area (Å²) in [6, 6.07) is 0.802. The third kappa shape index (κ3) is 4.37. The van der Waals surface area contributed by atoms with Crippen LogP contribution < -0.4 is 11.2 Å². The number of esters is 1. The third-order valence-corrected chi connectivity index (χ3v) is 1.77. The number of carbonyl (C=O) groups excluding carboxylic acids is 2. The summed E-state index contributed by atoms with van der Waals surface area (Å²) in [6.45, 7) is 1.98. The predicted octanol–water partition coefficient (Wildman–Crippen LogP) is 0.605. The Kier molecular flexibility index (Phi) is 4.74. The first kappa shape index (κ1) is 12.8. The van der Waals surface area contributed by atoms with Gasteiger partial charge in [0.2, 0.25) is 0 Å². The van der Waals surface area contributed by atoms with Gasteiger partial charge in [-0.25, -0.2) is 10.2 Å². The van der Waals surface area contributed by atoms with Crippen molar-refractivity contribution in [3.8, 4) is 0 Å². The van der Waals surface area contributed by atoms with Gasteiger partial charge in [0.05, 0.1) is 31.3 Å². The Morgan fingerprint density at radius 1 is 1.59 bits per heavy atom. The van der Waals surface area contributed by atoms with Crippen molar-refractivity contribution < 1.29 is 18.7 Å². The van der Waals surface area contributed by atoms with E-state index in [0.29, 0.717) is 11.3 Å². The molecule has 1 aromatic rings. The second kappa shape index (κ2) is 6.31. The summed E-state index contributed by atoms with van der Waals surface area (Å²) in [5, 5.41) is 3.72. The molecule has 0 aliphatic carbocycles. The number of hydrazone groups is 1. The van der Waals surface area contributed by atoms with Gasteiger partial charge in [-0.3, -0.25) is 4.79 Å². The van der Waals surface area contributed by atoms with Crippen molar-refractivity contribution in [3.05, 3.63) is 24.2 Å². The molecule has 0 aliphatic heterocycles. The Hall–Kier alpha value is -2.31. The molecule has 7 nitrogen and oxygen atoms in total.